The fourth-order valence-electron chi connectivity index (χ4n) is 0.967. The summed E-state index contributed by atoms with van der Waals surface area (Å²) in [5.74, 6) is 3.55. The van der Waals surface area contributed by atoms with Crippen molar-refractivity contribution in [1.82, 2.24) is 0 Å². The summed E-state index contributed by atoms with van der Waals surface area (Å²) in [6.07, 6.45) is -4.44. The summed E-state index contributed by atoms with van der Waals surface area (Å²) in [5.41, 5.74) is -0.750. The van der Waals surface area contributed by atoms with Crippen LogP contribution in [0.1, 0.15) is 11.1 Å². The third-order valence-corrected chi connectivity index (χ3v) is 2.47. The van der Waals surface area contributed by atoms with Crippen LogP contribution in [0.4, 0.5) is 13.2 Å². The lowest BCUT2D eigenvalue weighted by molar-refractivity contribution is -0.137. The second kappa shape index (κ2) is 5.23. The first-order chi connectivity index (χ1) is 7.84. The van der Waals surface area contributed by atoms with Crippen LogP contribution in [-0.2, 0) is 15.7 Å². The predicted molar refractivity (Wildman–Crippen MR) is 58.0 cm³/mol. The van der Waals surface area contributed by atoms with Crippen LogP contribution in [0, 0.1) is 11.8 Å². The van der Waals surface area contributed by atoms with E-state index in [9.17, 15) is 18.0 Å². The fourth-order valence-corrected chi connectivity index (χ4v) is 1.31. The smallest absolute Gasteiger partial charge is 0.416 e. The predicted octanol–water partition coefficient (Wildman–Crippen LogP) is 2.99. The molecule has 0 aliphatic carbocycles. The summed E-state index contributed by atoms with van der Waals surface area (Å²) in [4.78, 5) is 10.7. The van der Waals surface area contributed by atoms with Crippen molar-refractivity contribution in [3.05, 3.63) is 33.8 Å². The van der Waals surface area contributed by atoms with E-state index in [1.807, 2.05) is 0 Å². The van der Waals surface area contributed by atoms with Crippen LogP contribution in [0.3, 0.4) is 0 Å². The van der Waals surface area contributed by atoms with Gasteiger partial charge in [0.1, 0.15) is 0 Å². The lowest BCUT2D eigenvalue weighted by Gasteiger charge is -2.07. The molecule has 0 saturated heterocycles. The highest BCUT2D eigenvalue weighted by Crippen LogP contribution is 2.31. The van der Waals surface area contributed by atoms with Gasteiger partial charge in [-0.2, -0.15) is 13.2 Å². The van der Waals surface area contributed by atoms with E-state index in [4.69, 9.17) is 0 Å². The van der Waals surface area contributed by atoms with Crippen molar-refractivity contribution in [3.8, 4) is 11.8 Å². The Morgan fingerprint density at radius 3 is 2.59 bits per heavy atom. The zero-order valence-corrected chi connectivity index (χ0v) is 10.1. The van der Waals surface area contributed by atoms with E-state index >= 15 is 0 Å². The lowest BCUT2D eigenvalue weighted by Crippen LogP contribution is -2.05. The van der Waals surface area contributed by atoms with Gasteiger partial charge in [-0.05, 0) is 34.1 Å². The number of carbonyl (C=O) groups excluding carboxylic acids is 1. The monoisotopic (exact) mass is 306 g/mol. The summed E-state index contributed by atoms with van der Waals surface area (Å²) < 4.78 is 41.9. The van der Waals surface area contributed by atoms with Crippen molar-refractivity contribution in [2.45, 2.75) is 6.18 Å². The number of hydrogen-bond acceptors (Lipinski definition) is 2. The third kappa shape index (κ3) is 3.79. The molecule has 0 amide bonds. The molecule has 0 heterocycles. The summed E-state index contributed by atoms with van der Waals surface area (Å²) in [7, 11) is 1.14. The number of hydrogen-bond donors (Lipinski definition) is 0. The minimum Gasteiger partial charge on any atom is -0.459 e. The first kappa shape index (κ1) is 13.6. The van der Waals surface area contributed by atoms with Gasteiger partial charge in [0.25, 0.3) is 0 Å². The van der Waals surface area contributed by atoms with E-state index in [1.54, 1.807) is 0 Å². The molecule has 0 unspecified atom stereocenters. The minimum atomic E-state index is -4.44. The number of ether oxygens (including phenoxy) is 1. The number of alkyl halides is 3. The molecule has 0 N–H and O–H groups in total. The Morgan fingerprint density at radius 1 is 1.41 bits per heavy atom. The Bertz CT molecular complexity index is 498. The van der Waals surface area contributed by atoms with Crippen LogP contribution in [0.15, 0.2) is 22.7 Å². The molecule has 1 rings (SSSR count). The largest absolute Gasteiger partial charge is 0.459 e. The molecule has 0 atom stereocenters. The Morgan fingerprint density at radius 2 is 2.06 bits per heavy atom. The van der Waals surface area contributed by atoms with Crippen LogP contribution in [0.2, 0.25) is 0 Å². The van der Waals surface area contributed by atoms with Gasteiger partial charge in [-0.1, -0.05) is 5.92 Å². The van der Waals surface area contributed by atoms with Gasteiger partial charge in [-0.3, -0.25) is 0 Å². The van der Waals surface area contributed by atoms with Gasteiger partial charge in [-0.25, -0.2) is 4.79 Å². The van der Waals surface area contributed by atoms with Gasteiger partial charge >= 0.3 is 12.1 Å². The molecule has 0 fully saturated rings. The van der Waals surface area contributed by atoms with E-state index in [0.717, 1.165) is 19.2 Å². The van der Waals surface area contributed by atoms with Gasteiger partial charge in [0.15, 0.2) is 0 Å². The molecule has 0 spiro atoms. The maximum atomic E-state index is 12.4. The van der Waals surface area contributed by atoms with Gasteiger partial charge in [0.05, 0.1) is 12.7 Å². The number of rotatable bonds is 0. The zero-order valence-electron chi connectivity index (χ0n) is 8.56. The molecule has 0 radical (unpaired) electrons. The average molecular weight is 307 g/mol. The van der Waals surface area contributed by atoms with Crippen molar-refractivity contribution >= 4 is 21.9 Å². The highest BCUT2D eigenvalue weighted by atomic mass is 79.9. The first-order valence-corrected chi connectivity index (χ1v) is 5.10. The van der Waals surface area contributed by atoms with Crippen molar-refractivity contribution in [1.29, 1.82) is 0 Å². The van der Waals surface area contributed by atoms with Crippen molar-refractivity contribution in [2.75, 3.05) is 7.11 Å². The van der Waals surface area contributed by atoms with E-state index in [-0.39, 0.29) is 5.56 Å². The van der Waals surface area contributed by atoms with E-state index in [2.05, 4.69) is 32.5 Å². The van der Waals surface area contributed by atoms with Crippen LogP contribution >= 0.6 is 15.9 Å². The third-order valence-electron chi connectivity index (χ3n) is 1.78. The fraction of sp³-hybridized carbons (Fsp3) is 0.182. The molecule has 0 bridgehead atoms. The maximum absolute atomic E-state index is 12.4. The van der Waals surface area contributed by atoms with E-state index in [1.165, 1.54) is 6.07 Å². The molecule has 90 valence electrons. The number of benzene rings is 1. The standard InChI is InChI=1S/C11H6BrF3O2/c1-17-10(16)5-2-7-6-8(11(13,14)15)3-4-9(7)12/h3-4,6H,1H3. The SMILES string of the molecule is COC(=O)C#Cc1cc(C(F)(F)F)ccc1Br. The molecular weight excluding hydrogens is 301 g/mol. The van der Waals surface area contributed by atoms with E-state index in [0.29, 0.717) is 4.47 Å². The summed E-state index contributed by atoms with van der Waals surface area (Å²) in [5, 5.41) is 0. The molecule has 17 heavy (non-hydrogen) atoms. The maximum Gasteiger partial charge on any atom is 0.416 e. The Hall–Kier alpha value is -1.48. The Kier molecular flexibility index (Phi) is 4.18. The first-order valence-electron chi connectivity index (χ1n) is 4.31. The van der Waals surface area contributed by atoms with Gasteiger partial charge in [0, 0.05) is 16.0 Å². The molecular formula is C11H6BrF3O2. The van der Waals surface area contributed by atoms with Gasteiger partial charge in [0.2, 0.25) is 0 Å². The number of halogens is 4. The normalized spacial score (nSPS) is 10.4. The molecule has 1 aromatic carbocycles. The van der Waals surface area contributed by atoms with Crippen LogP contribution in [-0.4, -0.2) is 13.1 Å². The van der Waals surface area contributed by atoms with Gasteiger partial charge in [-0.15, -0.1) is 0 Å². The summed E-state index contributed by atoms with van der Waals surface area (Å²) in [6, 6.07) is 3.01. The number of methoxy groups -OCH3 is 1. The highest BCUT2D eigenvalue weighted by molar-refractivity contribution is 9.10. The topological polar surface area (TPSA) is 26.3 Å². The Labute approximate surface area is 104 Å². The molecule has 0 aromatic heterocycles. The molecule has 2 nitrogen and oxygen atoms in total. The van der Waals surface area contributed by atoms with Crippen LogP contribution < -0.4 is 0 Å². The van der Waals surface area contributed by atoms with Crippen molar-refractivity contribution in [3.63, 3.8) is 0 Å². The quantitative estimate of drug-likeness (QED) is 0.544. The Balaban J connectivity index is 3.15. The average Bonchev–Trinajstić information content (AvgIpc) is 2.26. The molecule has 1 aromatic rings. The van der Waals surface area contributed by atoms with Crippen molar-refractivity contribution < 1.29 is 22.7 Å². The second-order valence-corrected chi connectivity index (χ2v) is 3.79. The van der Waals surface area contributed by atoms with Crippen LogP contribution in [0.25, 0.3) is 0 Å². The second-order valence-electron chi connectivity index (χ2n) is 2.93. The molecule has 6 heteroatoms. The molecule has 0 aliphatic heterocycles. The zero-order chi connectivity index (χ0) is 13.1. The van der Waals surface area contributed by atoms with Crippen LogP contribution in [0.5, 0.6) is 0 Å². The lowest BCUT2D eigenvalue weighted by atomic mass is 10.1. The summed E-state index contributed by atoms with van der Waals surface area (Å²) >= 11 is 3.05. The molecule has 0 saturated carbocycles. The number of carbonyl (C=O) groups is 1. The highest BCUT2D eigenvalue weighted by Gasteiger charge is 2.30. The minimum absolute atomic E-state index is 0.0743. The summed E-state index contributed by atoms with van der Waals surface area (Å²) in [6.45, 7) is 0. The number of esters is 1. The van der Waals surface area contributed by atoms with Gasteiger partial charge < -0.3 is 4.74 Å². The van der Waals surface area contributed by atoms with E-state index < -0.39 is 17.7 Å². The molecule has 0 aliphatic rings. The van der Waals surface area contributed by atoms with Crippen molar-refractivity contribution in [2.24, 2.45) is 0 Å².